The van der Waals surface area contributed by atoms with E-state index in [4.69, 9.17) is 24.8 Å². The Morgan fingerprint density at radius 1 is 1.23 bits per heavy atom. The molecule has 0 aliphatic carbocycles. The number of nitrogen functional groups attached to an aromatic ring is 1. The van der Waals surface area contributed by atoms with Crippen LogP contribution in [0.2, 0.25) is 0 Å². The van der Waals surface area contributed by atoms with Gasteiger partial charge in [-0.05, 0) is 11.8 Å². The number of anilines is 1. The third-order valence-corrected chi connectivity index (χ3v) is 8.44. The highest BCUT2D eigenvalue weighted by Gasteiger charge is 2.41. The number of rotatable bonds is 8. The average Bonchev–Trinajstić information content (AvgIpc) is 3.14. The van der Waals surface area contributed by atoms with Gasteiger partial charge in [-0.2, -0.15) is 4.31 Å². The summed E-state index contributed by atoms with van der Waals surface area (Å²) in [5, 5.41) is 10.2. The standard InChI is InChI=1S/C10H16N5O11P3S/c11-9-8-10(13-3-12-9)15(4-14-8)7-1-5(16)6(24-7)2-23-29(22,30)26-28(20,21)25-27(17,18)19/h3-7,16H,1-2H2,(H,20,21)(H,22,30)(H2,11,12,13)(H2,17,18,19)/t5-,6-,7-,29?/m1/s1. The number of aliphatic hydroxyl groups excluding tert-OH is 1. The van der Waals surface area contributed by atoms with Crippen LogP contribution in [0, 0.1) is 0 Å². The molecular weight excluding hydrogens is 491 g/mol. The van der Waals surface area contributed by atoms with E-state index in [0.29, 0.717) is 11.2 Å². The maximum Gasteiger partial charge on any atom is 0.488 e. The van der Waals surface area contributed by atoms with Crippen LogP contribution in [0.4, 0.5) is 5.82 Å². The molecule has 1 aliphatic rings. The lowest BCUT2D eigenvalue weighted by atomic mass is 10.2. The highest BCUT2D eigenvalue weighted by molar-refractivity contribution is 8.08. The van der Waals surface area contributed by atoms with Crippen molar-refractivity contribution in [1.29, 1.82) is 0 Å². The predicted octanol–water partition coefficient (Wildman–Crippen LogP) is -0.483. The van der Waals surface area contributed by atoms with Crippen LogP contribution in [0.15, 0.2) is 12.7 Å². The third kappa shape index (κ3) is 5.87. The summed E-state index contributed by atoms with van der Waals surface area (Å²) < 4.78 is 41.8. The van der Waals surface area contributed by atoms with Crippen molar-refractivity contribution in [2.75, 3.05) is 12.3 Å². The van der Waals surface area contributed by atoms with Crippen molar-refractivity contribution in [3.05, 3.63) is 12.7 Å². The van der Waals surface area contributed by atoms with E-state index in [9.17, 15) is 24.0 Å². The number of aromatic nitrogens is 4. The molecule has 0 spiro atoms. The van der Waals surface area contributed by atoms with Crippen molar-refractivity contribution in [2.45, 2.75) is 24.9 Å². The van der Waals surface area contributed by atoms with Crippen LogP contribution >= 0.6 is 22.4 Å². The Morgan fingerprint density at radius 3 is 2.60 bits per heavy atom. The molecule has 0 bridgehead atoms. The number of phosphoric acid groups is 2. The molecule has 2 aromatic rings. The van der Waals surface area contributed by atoms with Gasteiger partial charge in [-0.25, -0.2) is 28.4 Å². The van der Waals surface area contributed by atoms with E-state index < -0.39 is 47.4 Å². The van der Waals surface area contributed by atoms with Crippen LogP contribution in [-0.4, -0.2) is 63.0 Å². The first-order valence-electron chi connectivity index (χ1n) is 7.81. The Kier molecular flexibility index (Phi) is 6.78. The average molecular weight is 507 g/mol. The molecule has 0 aromatic carbocycles. The minimum Gasteiger partial charge on any atom is -0.390 e. The summed E-state index contributed by atoms with van der Waals surface area (Å²) in [7, 11) is -10.8. The zero-order valence-corrected chi connectivity index (χ0v) is 18.1. The molecule has 30 heavy (non-hydrogen) atoms. The predicted molar refractivity (Wildman–Crippen MR) is 101 cm³/mol. The highest BCUT2D eigenvalue weighted by atomic mass is 32.5. The molecule has 168 valence electrons. The van der Waals surface area contributed by atoms with Gasteiger partial charge in [0.25, 0.3) is 0 Å². The summed E-state index contributed by atoms with van der Waals surface area (Å²) >= 11 is 4.51. The summed E-state index contributed by atoms with van der Waals surface area (Å²) in [5.41, 5.74) is 6.40. The van der Waals surface area contributed by atoms with Gasteiger partial charge in [-0.1, -0.05) is 0 Å². The van der Waals surface area contributed by atoms with E-state index in [1.807, 2.05) is 0 Å². The first-order valence-corrected chi connectivity index (χ1v) is 13.4. The SMILES string of the molecule is Nc1ncnc2c1ncn2[C@H]1C[C@@H](O)[C@@H](COP(O)(=S)OP(=O)(O)OP(=O)(O)O)O1. The Bertz CT molecular complexity index is 1080. The summed E-state index contributed by atoms with van der Waals surface area (Å²) in [4.78, 5) is 48.2. The van der Waals surface area contributed by atoms with Crippen LogP contribution in [-0.2, 0) is 38.8 Å². The zero-order chi connectivity index (χ0) is 22.3. The molecule has 20 heteroatoms. The van der Waals surface area contributed by atoms with Gasteiger partial charge in [-0.3, -0.25) is 4.57 Å². The van der Waals surface area contributed by atoms with Crippen LogP contribution in [0.1, 0.15) is 12.6 Å². The Morgan fingerprint density at radius 2 is 1.93 bits per heavy atom. The van der Waals surface area contributed by atoms with Gasteiger partial charge in [0.2, 0.25) is 0 Å². The van der Waals surface area contributed by atoms with Crippen LogP contribution in [0.25, 0.3) is 11.2 Å². The number of nitrogens with two attached hydrogens (primary N) is 1. The first-order chi connectivity index (χ1) is 13.8. The monoisotopic (exact) mass is 507 g/mol. The van der Waals surface area contributed by atoms with E-state index in [1.165, 1.54) is 17.2 Å². The van der Waals surface area contributed by atoms with Crippen molar-refractivity contribution in [1.82, 2.24) is 19.5 Å². The molecular formula is C10H16N5O11P3S. The molecule has 1 saturated heterocycles. The van der Waals surface area contributed by atoms with E-state index >= 15 is 0 Å². The first kappa shape index (κ1) is 23.8. The second-order valence-corrected chi connectivity index (χ2v) is 11.7. The quantitative estimate of drug-likeness (QED) is 0.247. The molecule has 3 heterocycles. The van der Waals surface area contributed by atoms with Gasteiger partial charge in [-0.15, -0.1) is 0 Å². The number of nitrogens with zero attached hydrogens (tertiary/aromatic N) is 4. The van der Waals surface area contributed by atoms with Gasteiger partial charge in [0.15, 0.2) is 11.5 Å². The molecule has 0 radical (unpaired) electrons. The van der Waals surface area contributed by atoms with Gasteiger partial charge in [0, 0.05) is 6.42 Å². The van der Waals surface area contributed by atoms with E-state index in [2.05, 4.69) is 35.4 Å². The number of ether oxygens (including phenoxy) is 1. The normalized spacial score (nSPS) is 26.5. The van der Waals surface area contributed by atoms with Crippen molar-refractivity contribution in [3.8, 4) is 0 Å². The molecule has 2 unspecified atom stereocenters. The zero-order valence-electron chi connectivity index (χ0n) is 14.6. The van der Waals surface area contributed by atoms with Gasteiger partial charge >= 0.3 is 22.4 Å². The summed E-state index contributed by atoms with van der Waals surface area (Å²) in [5.74, 6) is 0.154. The van der Waals surface area contributed by atoms with Crippen LogP contribution in [0.5, 0.6) is 0 Å². The lowest BCUT2D eigenvalue weighted by Gasteiger charge is -2.21. The fourth-order valence-corrected chi connectivity index (χ4v) is 6.56. The molecule has 0 saturated carbocycles. The van der Waals surface area contributed by atoms with Gasteiger partial charge in [0.1, 0.15) is 24.2 Å². The molecule has 7 N–H and O–H groups in total. The number of hydrogen-bond donors (Lipinski definition) is 6. The van der Waals surface area contributed by atoms with E-state index in [0.717, 1.165) is 0 Å². The van der Waals surface area contributed by atoms with Crippen molar-refractivity contribution in [2.24, 2.45) is 0 Å². The molecule has 1 fully saturated rings. The largest absolute Gasteiger partial charge is 0.488 e. The van der Waals surface area contributed by atoms with Crippen molar-refractivity contribution < 1.29 is 51.7 Å². The second kappa shape index (κ2) is 8.56. The van der Waals surface area contributed by atoms with Crippen molar-refractivity contribution in [3.63, 3.8) is 0 Å². The lowest BCUT2D eigenvalue weighted by molar-refractivity contribution is -0.0399. The maximum absolute atomic E-state index is 11.5. The Balaban J connectivity index is 1.64. The highest BCUT2D eigenvalue weighted by Crippen LogP contribution is 2.66. The molecule has 5 atom stereocenters. The number of hydrogen-bond acceptors (Lipinski definition) is 12. The molecule has 1 aliphatic heterocycles. The van der Waals surface area contributed by atoms with Gasteiger partial charge in [0.05, 0.1) is 19.0 Å². The third-order valence-electron chi connectivity index (χ3n) is 3.72. The molecule has 3 rings (SSSR count). The molecule has 16 nitrogen and oxygen atoms in total. The fourth-order valence-electron chi connectivity index (χ4n) is 2.59. The molecule has 0 amide bonds. The summed E-state index contributed by atoms with van der Waals surface area (Å²) in [6.45, 7) is -5.08. The number of aliphatic hydroxyl groups is 1. The van der Waals surface area contributed by atoms with E-state index in [1.54, 1.807) is 0 Å². The second-order valence-electron chi connectivity index (χ2n) is 5.90. The van der Waals surface area contributed by atoms with Gasteiger partial charge < -0.3 is 39.7 Å². The Hall–Kier alpha value is -0.900. The van der Waals surface area contributed by atoms with Crippen molar-refractivity contribution >= 4 is 51.2 Å². The van der Waals surface area contributed by atoms with E-state index in [-0.39, 0.29) is 12.2 Å². The lowest BCUT2D eigenvalue weighted by Crippen LogP contribution is -2.26. The summed E-state index contributed by atoms with van der Waals surface area (Å²) in [6, 6.07) is 0. The molecule has 2 aromatic heterocycles. The maximum atomic E-state index is 11.5. The summed E-state index contributed by atoms with van der Waals surface area (Å²) in [6.07, 6.45) is -0.213. The number of imidazole rings is 1. The minimum absolute atomic E-state index is 0.0678. The topological polar surface area (TPSA) is 242 Å². The van der Waals surface area contributed by atoms with Crippen LogP contribution in [0.3, 0.4) is 0 Å². The number of fused-ring (bicyclic) bond motifs is 1. The Labute approximate surface area is 172 Å². The minimum atomic E-state index is -5.43. The smallest absolute Gasteiger partial charge is 0.390 e. The van der Waals surface area contributed by atoms with Crippen LogP contribution < -0.4 is 5.73 Å². The fraction of sp³-hybridized carbons (Fsp3) is 0.500.